The molecule has 0 unspecified atom stereocenters. The number of carboxylic acids is 1. The van der Waals surface area contributed by atoms with E-state index in [0.717, 1.165) is 5.56 Å². The number of carbonyl (C=O) groups is 2. The zero-order valence-corrected chi connectivity index (χ0v) is 16.2. The van der Waals surface area contributed by atoms with Gasteiger partial charge in [-0.2, -0.15) is 0 Å². The second-order valence-electron chi connectivity index (χ2n) is 7.70. The second-order valence-corrected chi connectivity index (χ2v) is 7.70. The molecular formula is C20H28N2O7. The van der Waals surface area contributed by atoms with Crippen molar-refractivity contribution in [2.75, 3.05) is 19.6 Å². The summed E-state index contributed by atoms with van der Waals surface area (Å²) >= 11 is 0. The number of likely N-dealkylation sites (tertiary alicyclic amines) is 1. The Hall–Kier alpha value is -2.20. The number of aliphatic hydroxyl groups is 2. The summed E-state index contributed by atoms with van der Waals surface area (Å²) in [7, 11) is 0. The number of nitrogens with zero attached hydrogens (tertiary/aromatic N) is 1. The van der Waals surface area contributed by atoms with Crippen LogP contribution < -0.4 is 5.32 Å². The maximum atomic E-state index is 11.9. The first kappa shape index (κ1) is 21.5. The van der Waals surface area contributed by atoms with E-state index in [1.165, 1.54) is 0 Å². The fourth-order valence-corrected chi connectivity index (χ4v) is 3.81. The van der Waals surface area contributed by atoms with Gasteiger partial charge in [0.15, 0.2) is 5.79 Å². The van der Waals surface area contributed by atoms with Crippen molar-refractivity contribution in [2.24, 2.45) is 0 Å². The first-order chi connectivity index (χ1) is 13.8. The summed E-state index contributed by atoms with van der Waals surface area (Å²) in [6.07, 6.45) is -0.0421. The van der Waals surface area contributed by atoms with Gasteiger partial charge in [-0.15, -0.1) is 0 Å². The molecule has 2 fully saturated rings. The fourth-order valence-electron chi connectivity index (χ4n) is 3.81. The molecule has 2 aliphatic heterocycles. The number of hydrogen-bond acceptors (Lipinski definition) is 7. The van der Waals surface area contributed by atoms with Crippen LogP contribution in [0.15, 0.2) is 30.3 Å². The zero-order valence-electron chi connectivity index (χ0n) is 16.2. The number of β-amino-alcohol motifs (C(OH)–C–C–N with tert-alkyl or cyclic N) is 1. The van der Waals surface area contributed by atoms with Crippen molar-refractivity contribution in [3.8, 4) is 0 Å². The average molecular weight is 408 g/mol. The van der Waals surface area contributed by atoms with Gasteiger partial charge in [-0.1, -0.05) is 30.3 Å². The van der Waals surface area contributed by atoms with Crippen LogP contribution in [0.25, 0.3) is 0 Å². The van der Waals surface area contributed by atoms with E-state index in [1.807, 2.05) is 35.2 Å². The Bertz CT molecular complexity index is 697. The molecular weight excluding hydrogens is 380 g/mol. The number of ether oxygens (including phenoxy) is 2. The van der Waals surface area contributed by atoms with Crippen molar-refractivity contribution >= 4 is 12.1 Å². The van der Waals surface area contributed by atoms with Crippen LogP contribution in [-0.4, -0.2) is 76.0 Å². The van der Waals surface area contributed by atoms with Gasteiger partial charge in [0.1, 0.15) is 12.6 Å². The molecule has 0 saturated carbocycles. The van der Waals surface area contributed by atoms with E-state index in [0.29, 0.717) is 32.5 Å². The summed E-state index contributed by atoms with van der Waals surface area (Å²) in [5, 5.41) is 31.8. The number of aliphatic hydroxyl groups excluding tert-OH is 1. The standard InChI is InChI=1S/C20H28N2O7/c23-16-10-20(27)13-22(11-17(16)29-20)9-5-4-8-15(18(24)25)21-19(26)28-12-14-6-2-1-3-7-14/h1-3,6-7,15-17,23,27H,4-5,8-13H2,(H,21,26)(H,24,25)/t15-,16-,17+,20+/m0/s1. The summed E-state index contributed by atoms with van der Waals surface area (Å²) in [5.74, 6) is -2.40. The highest BCUT2D eigenvalue weighted by atomic mass is 16.6. The lowest BCUT2D eigenvalue weighted by Gasteiger charge is -2.36. The Morgan fingerprint density at radius 1 is 1.31 bits per heavy atom. The van der Waals surface area contributed by atoms with E-state index in [2.05, 4.69) is 5.32 Å². The molecule has 2 saturated heterocycles. The van der Waals surface area contributed by atoms with Crippen molar-refractivity contribution < 1.29 is 34.4 Å². The monoisotopic (exact) mass is 408 g/mol. The highest BCUT2D eigenvalue weighted by Crippen LogP contribution is 2.34. The predicted molar refractivity (Wildman–Crippen MR) is 102 cm³/mol. The second kappa shape index (κ2) is 9.53. The Kier molecular flexibility index (Phi) is 7.07. The van der Waals surface area contributed by atoms with Crippen molar-refractivity contribution in [3.63, 3.8) is 0 Å². The normalized spacial score (nSPS) is 27.4. The molecule has 2 aliphatic rings. The molecule has 4 atom stereocenters. The number of morpholine rings is 1. The molecule has 2 heterocycles. The highest BCUT2D eigenvalue weighted by Gasteiger charge is 2.49. The van der Waals surface area contributed by atoms with E-state index >= 15 is 0 Å². The van der Waals surface area contributed by atoms with E-state index in [9.17, 15) is 24.9 Å². The molecule has 2 bridgehead atoms. The van der Waals surface area contributed by atoms with Crippen LogP contribution in [0.1, 0.15) is 31.2 Å². The van der Waals surface area contributed by atoms with Gasteiger partial charge in [-0.25, -0.2) is 9.59 Å². The number of benzene rings is 1. The molecule has 4 N–H and O–H groups in total. The molecule has 1 aromatic rings. The van der Waals surface area contributed by atoms with Crippen LogP contribution >= 0.6 is 0 Å². The number of unbranched alkanes of at least 4 members (excludes halogenated alkanes) is 1. The van der Waals surface area contributed by atoms with Crippen molar-refractivity contribution in [1.82, 2.24) is 10.2 Å². The minimum absolute atomic E-state index is 0.0754. The van der Waals surface area contributed by atoms with E-state index in [1.54, 1.807) is 0 Å². The zero-order chi connectivity index (χ0) is 20.9. The summed E-state index contributed by atoms with van der Waals surface area (Å²) < 4.78 is 10.5. The lowest BCUT2D eigenvalue weighted by molar-refractivity contribution is -0.231. The van der Waals surface area contributed by atoms with E-state index < -0.39 is 30.0 Å². The molecule has 9 nitrogen and oxygen atoms in total. The van der Waals surface area contributed by atoms with E-state index in [4.69, 9.17) is 9.47 Å². The number of alkyl carbamates (subject to hydrolysis) is 1. The van der Waals surface area contributed by atoms with Gasteiger partial charge in [0, 0.05) is 13.0 Å². The number of hydrogen-bond donors (Lipinski definition) is 4. The summed E-state index contributed by atoms with van der Waals surface area (Å²) in [5.41, 5.74) is 0.820. The fraction of sp³-hybridized carbons (Fsp3) is 0.600. The number of carboxylic acid groups (broad SMARTS) is 1. The molecule has 1 aromatic carbocycles. The molecule has 9 heteroatoms. The lowest BCUT2D eigenvalue weighted by atomic mass is 10.1. The van der Waals surface area contributed by atoms with Crippen LogP contribution in [0.2, 0.25) is 0 Å². The molecule has 160 valence electrons. The molecule has 0 aromatic heterocycles. The number of amides is 1. The largest absolute Gasteiger partial charge is 0.480 e. The van der Waals surface area contributed by atoms with Crippen molar-refractivity contribution in [1.29, 1.82) is 0 Å². The number of aliphatic carboxylic acids is 1. The molecule has 0 spiro atoms. The topological polar surface area (TPSA) is 129 Å². The Labute approximate surface area is 169 Å². The lowest BCUT2D eigenvalue weighted by Crippen LogP contribution is -2.51. The summed E-state index contributed by atoms with van der Waals surface area (Å²) in [6.45, 7) is 1.59. The maximum absolute atomic E-state index is 11.9. The third-order valence-electron chi connectivity index (χ3n) is 5.26. The third kappa shape index (κ3) is 6.14. The number of fused-ring (bicyclic) bond motifs is 2. The minimum Gasteiger partial charge on any atom is -0.480 e. The van der Waals surface area contributed by atoms with Gasteiger partial charge in [0.05, 0.1) is 18.8 Å². The van der Waals surface area contributed by atoms with Crippen LogP contribution in [0.4, 0.5) is 4.79 Å². The maximum Gasteiger partial charge on any atom is 0.408 e. The molecule has 0 radical (unpaired) electrons. The van der Waals surface area contributed by atoms with Crippen molar-refractivity contribution in [2.45, 2.75) is 56.3 Å². The van der Waals surface area contributed by atoms with Gasteiger partial charge >= 0.3 is 12.1 Å². The van der Waals surface area contributed by atoms with Gasteiger partial charge in [0.25, 0.3) is 0 Å². The minimum atomic E-state index is -1.30. The Balaban J connectivity index is 1.36. The molecule has 3 rings (SSSR count). The summed E-state index contributed by atoms with van der Waals surface area (Å²) in [6, 6.07) is 8.12. The van der Waals surface area contributed by atoms with Crippen LogP contribution in [-0.2, 0) is 20.9 Å². The highest BCUT2D eigenvalue weighted by molar-refractivity contribution is 5.79. The molecule has 29 heavy (non-hydrogen) atoms. The first-order valence-corrected chi connectivity index (χ1v) is 9.85. The van der Waals surface area contributed by atoms with Gasteiger partial charge in [0.2, 0.25) is 0 Å². The third-order valence-corrected chi connectivity index (χ3v) is 5.26. The smallest absolute Gasteiger partial charge is 0.408 e. The number of nitrogens with one attached hydrogen (secondary N) is 1. The first-order valence-electron chi connectivity index (χ1n) is 9.85. The Morgan fingerprint density at radius 3 is 2.76 bits per heavy atom. The van der Waals surface area contributed by atoms with Gasteiger partial charge < -0.3 is 30.1 Å². The van der Waals surface area contributed by atoms with Gasteiger partial charge in [-0.3, -0.25) is 4.90 Å². The van der Waals surface area contributed by atoms with Crippen LogP contribution in [0.3, 0.4) is 0 Å². The van der Waals surface area contributed by atoms with E-state index in [-0.39, 0.29) is 25.6 Å². The Morgan fingerprint density at radius 2 is 2.07 bits per heavy atom. The van der Waals surface area contributed by atoms with Crippen LogP contribution in [0, 0.1) is 0 Å². The molecule has 0 aliphatic carbocycles. The predicted octanol–water partition coefficient (Wildman–Crippen LogP) is 0.690. The van der Waals surface area contributed by atoms with Crippen molar-refractivity contribution in [3.05, 3.63) is 35.9 Å². The SMILES string of the molecule is O=C(N[C@@H](CCCCN1C[C@H]2O[C@](O)(C[C@@H]2O)C1)C(=O)O)OCc1ccccc1. The number of carbonyl (C=O) groups excluding carboxylic acids is 1. The van der Waals surface area contributed by atoms with Crippen LogP contribution in [0.5, 0.6) is 0 Å². The van der Waals surface area contributed by atoms with Gasteiger partial charge in [-0.05, 0) is 31.4 Å². The summed E-state index contributed by atoms with van der Waals surface area (Å²) in [4.78, 5) is 25.3. The molecule has 1 amide bonds. The average Bonchev–Trinajstić information content (AvgIpc) is 2.89. The number of rotatable bonds is 9. The quantitative estimate of drug-likeness (QED) is 0.440.